The highest BCUT2D eigenvalue weighted by Gasteiger charge is 2.06. The summed E-state index contributed by atoms with van der Waals surface area (Å²) in [7, 11) is 0. The second kappa shape index (κ2) is 6.58. The van der Waals surface area contributed by atoms with Gasteiger partial charge in [0.1, 0.15) is 5.75 Å². The van der Waals surface area contributed by atoms with Crippen LogP contribution in [0.5, 0.6) is 5.75 Å². The van der Waals surface area contributed by atoms with Crippen molar-refractivity contribution in [3.05, 3.63) is 65.2 Å². The van der Waals surface area contributed by atoms with Crippen LogP contribution >= 0.6 is 0 Å². The van der Waals surface area contributed by atoms with Crippen molar-refractivity contribution in [1.29, 1.82) is 0 Å². The minimum atomic E-state index is 0.290. The number of hydrogen-bond acceptors (Lipinski definition) is 2. The van der Waals surface area contributed by atoms with Crippen LogP contribution in [-0.2, 0) is 6.54 Å². The van der Waals surface area contributed by atoms with Crippen LogP contribution in [0.25, 0.3) is 0 Å². The molecule has 0 aliphatic heterocycles. The van der Waals surface area contributed by atoms with Gasteiger partial charge in [-0.05, 0) is 41.7 Å². The van der Waals surface area contributed by atoms with E-state index < -0.39 is 0 Å². The van der Waals surface area contributed by atoms with Crippen molar-refractivity contribution in [2.45, 2.75) is 39.3 Å². The smallest absolute Gasteiger partial charge is 0.115 e. The van der Waals surface area contributed by atoms with Crippen LogP contribution in [0.1, 0.15) is 49.4 Å². The topological polar surface area (TPSA) is 32.3 Å². The molecule has 20 heavy (non-hydrogen) atoms. The van der Waals surface area contributed by atoms with Gasteiger partial charge in [0, 0.05) is 12.6 Å². The molecule has 0 aliphatic carbocycles. The lowest BCUT2D eigenvalue weighted by Gasteiger charge is -2.15. The molecule has 0 aliphatic rings. The molecule has 0 aromatic heterocycles. The fourth-order valence-corrected chi connectivity index (χ4v) is 2.22. The molecule has 0 bridgehead atoms. The quantitative estimate of drug-likeness (QED) is 0.845. The number of aromatic hydroxyl groups is 1. The highest BCUT2D eigenvalue weighted by molar-refractivity contribution is 5.28. The van der Waals surface area contributed by atoms with E-state index in [0.29, 0.717) is 17.7 Å². The standard InChI is InChI=1S/C18H23NO/c1-13(2)16-7-9-17(10-8-16)14(3)19-12-15-5-4-6-18(20)11-15/h4-11,13-14,19-20H,12H2,1-3H3. The van der Waals surface area contributed by atoms with Crippen LogP contribution in [0.3, 0.4) is 0 Å². The molecule has 2 heteroatoms. The summed E-state index contributed by atoms with van der Waals surface area (Å²) in [6.07, 6.45) is 0. The van der Waals surface area contributed by atoms with Crippen molar-refractivity contribution in [1.82, 2.24) is 5.32 Å². The summed E-state index contributed by atoms with van der Waals surface area (Å²) in [6, 6.07) is 16.4. The van der Waals surface area contributed by atoms with Crippen LogP contribution < -0.4 is 5.32 Å². The summed E-state index contributed by atoms with van der Waals surface area (Å²) >= 11 is 0. The molecule has 2 nitrogen and oxygen atoms in total. The summed E-state index contributed by atoms with van der Waals surface area (Å²) in [5.41, 5.74) is 3.75. The van der Waals surface area contributed by atoms with E-state index in [4.69, 9.17) is 0 Å². The Kier molecular flexibility index (Phi) is 4.80. The predicted molar refractivity (Wildman–Crippen MR) is 83.9 cm³/mol. The number of nitrogens with one attached hydrogen (secondary N) is 1. The molecule has 0 spiro atoms. The van der Waals surface area contributed by atoms with E-state index in [9.17, 15) is 5.11 Å². The Morgan fingerprint density at radius 1 is 0.950 bits per heavy atom. The average Bonchev–Trinajstić information content (AvgIpc) is 2.45. The van der Waals surface area contributed by atoms with Gasteiger partial charge in [0.25, 0.3) is 0 Å². The first kappa shape index (κ1) is 14.6. The molecule has 1 atom stereocenters. The highest BCUT2D eigenvalue weighted by Crippen LogP contribution is 2.19. The largest absolute Gasteiger partial charge is 0.508 e. The lowest BCUT2D eigenvalue weighted by molar-refractivity contribution is 0.473. The SMILES string of the molecule is CC(C)c1ccc(C(C)NCc2cccc(O)c2)cc1. The summed E-state index contributed by atoms with van der Waals surface area (Å²) in [4.78, 5) is 0. The van der Waals surface area contributed by atoms with E-state index >= 15 is 0 Å². The van der Waals surface area contributed by atoms with Gasteiger partial charge in [0.05, 0.1) is 0 Å². The molecule has 2 aromatic carbocycles. The number of phenolic OH excluding ortho intramolecular Hbond substituents is 1. The molecule has 0 fully saturated rings. The number of hydrogen-bond donors (Lipinski definition) is 2. The Bertz CT molecular complexity index is 546. The van der Waals surface area contributed by atoms with Gasteiger partial charge < -0.3 is 10.4 Å². The molecule has 0 heterocycles. The zero-order valence-corrected chi connectivity index (χ0v) is 12.4. The minimum Gasteiger partial charge on any atom is -0.508 e. The molecular weight excluding hydrogens is 246 g/mol. The third kappa shape index (κ3) is 3.84. The molecule has 106 valence electrons. The monoisotopic (exact) mass is 269 g/mol. The molecule has 2 N–H and O–H groups in total. The van der Waals surface area contributed by atoms with E-state index in [1.165, 1.54) is 11.1 Å². The van der Waals surface area contributed by atoms with Crippen LogP contribution in [0.4, 0.5) is 0 Å². The lowest BCUT2D eigenvalue weighted by atomic mass is 9.99. The van der Waals surface area contributed by atoms with Gasteiger partial charge in [-0.3, -0.25) is 0 Å². The average molecular weight is 269 g/mol. The summed E-state index contributed by atoms with van der Waals surface area (Å²) in [6.45, 7) is 7.33. The Morgan fingerprint density at radius 3 is 2.20 bits per heavy atom. The van der Waals surface area contributed by atoms with Gasteiger partial charge in [-0.1, -0.05) is 50.2 Å². The van der Waals surface area contributed by atoms with E-state index in [1.54, 1.807) is 12.1 Å². The Hall–Kier alpha value is -1.80. The van der Waals surface area contributed by atoms with Crippen molar-refractivity contribution in [3.8, 4) is 5.75 Å². The van der Waals surface area contributed by atoms with E-state index in [2.05, 4.69) is 50.4 Å². The first-order valence-corrected chi connectivity index (χ1v) is 7.17. The molecule has 2 rings (SSSR count). The Balaban J connectivity index is 1.96. The lowest BCUT2D eigenvalue weighted by Crippen LogP contribution is -2.18. The van der Waals surface area contributed by atoms with Gasteiger partial charge in [0.15, 0.2) is 0 Å². The maximum absolute atomic E-state index is 9.45. The van der Waals surface area contributed by atoms with Crippen LogP contribution in [-0.4, -0.2) is 5.11 Å². The van der Waals surface area contributed by atoms with Crippen molar-refractivity contribution in [2.75, 3.05) is 0 Å². The Labute approximate surface area is 121 Å². The van der Waals surface area contributed by atoms with Gasteiger partial charge >= 0.3 is 0 Å². The number of benzene rings is 2. The Morgan fingerprint density at radius 2 is 1.60 bits per heavy atom. The van der Waals surface area contributed by atoms with Crippen LogP contribution in [0.15, 0.2) is 48.5 Å². The zero-order chi connectivity index (χ0) is 14.5. The van der Waals surface area contributed by atoms with Crippen molar-refractivity contribution in [2.24, 2.45) is 0 Å². The first-order chi connectivity index (χ1) is 9.56. The van der Waals surface area contributed by atoms with E-state index in [-0.39, 0.29) is 0 Å². The number of rotatable bonds is 5. The molecule has 0 saturated heterocycles. The molecule has 2 aromatic rings. The molecule has 0 radical (unpaired) electrons. The second-order valence-electron chi connectivity index (χ2n) is 5.59. The first-order valence-electron chi connectivity index (χ1n) is 7.17. The molecule has 1 unspecified atom stereocenters. The maximum Gasteiger partial charge on any atom is 0.115 e. The third-order valence-electron chi connectivity index (χ3n) is 3.63. The number of phenols is 1. The normalized spacial score (nSPS) is 12.6. The molecule has 0 amide bonds. The third-order valence-corrected chi connectivity index (χ3v) is 3.63. The van der Waals surface area contributed by atoms with Crippen molar-refractivity contribution in [3.63, 3.8) is 0 Å². The van der Waals surface area contributed by atoms with Crippen LogP contribution in [0, 0.1) is 0 Å². The van der Waals surface area contributed by atoms with Gasteiger partial charge in [0.2, 0.25) is 0 Å². The predicted octanol–water partition coefficient (Wildman–Crippen LogP) is 4.37. The zero-order valence-electron chi connectivity index (χ0n) is 12.4. The van der Waals surface area contributed by atoms with E-state index in [0.717, 1.165) is 12.1 Å². The van der Waals surface area contributed by atoms with Crippen LogP contribution in [0.2, 0.25) is 0 Å². The fraction of sp³-hybridized carbons (Fsp3) is 0.333. The van der Waals surface area contributed by atoms with Gasteiger partial charge in [-0.25, -0.2) is 0 Å². The van der Waals surface area contributed by atoms with E-state index in [1.807, 2.05) is 12.1 Å². The second-order valence-corrected chi connectivity index (χ2v) is 5.59. The fourth-order valence-electron chi connectivity index (χ4n) is 2.22. The van der Waals surface area contributed by atoms with Crippen molar-refractivity contribution < 1.29 is 5.11 Å². The summed E-state index contributed by atoms with van der Waals surface area (Å²) in [5.74, 6) is 0.887. The molecule has 0 saturated carbocycles. The minimum absolute atomic E-state index is 0.290. The van der Waals surface area contributed by atoms with Gasteiger partial charge in [-0.15, -0.1) is 0 Å². The van der Waals surface area contributed by atoms with Crippen molar-refractivity contribution >= 4 is 0 Å². The van der Waals surface area contributed by atoms with Gasteiger partial charge in [-0.2, -0.15) is 0 Å². The highest BCUT2D eigenvalue weighted by atomic mass is 16.3. The summed E-state index contributed by atoms with van der Waals surface area (Å²) in [5, 5.41) is 12.9. The maximum atomic E-state index is 9.45. The molecular formula is C18H23NO. The summed E-state index contributed by atoms with van der Waals surface area (Å²) < 4.78 is 0.